The van der Waals surface area contributed by atoms with Crippen molar-refractivity contribution in [1.82, 2.24) is 4.98 Å². The van der Waals surface area contributed by atoms with Crippen LogP contribution in [0.3, 0.4) is 0 Å². The second kappa shape index (κ2) is 7.79. The predicted molar refractivity (Wildman–Crippen MR) is 97.5 cm³/mol. The summed E-state index contributed by atoms with van der Waals surface area (Å²) in [6.07, 6.45) is 0. The second-order valence-corrected chi connectivity index (χ2v) is 5.61. The van der Waals surface area contributed by atoms with Gasteiger partial charge in [-0.25, -0.2) is 9.59 Å². The summed E-state index contributed by atoms with van der Waals surface area (Å²) in [5.41, 5.74) is 2.91. The minimum absolute atomic E-state index is 0.118. The summed E-state index contributed by atoms with van der Waals surface area (Å²) in [6.45, 7) is 2.54. The van der Waals surface area contributed by atoms with Gasteiger partial charge in [0.1, 0.15) is 22.7 Å². The lowest BCUT2D eigenvalue weighted by Gasteiger charge is -2.23. The van der Waals surface area contributed by atoms with Gasteiger partial charge in [-0.3, -0.25) is 4.79 Å². The number of rotatable bonds is 7. The van der Waals surface area contributed by atoms with Gasteiger partial charge in [0, 0.05) is 36.0 Å². The summed E-state index contributed by atoms with van der Waals surface area (Å²) in [5, 5.41) is 38.3. The maximum atomic E-state index is 12.0. The molecule has 1 heterocycles. The van der Waals surface area contributed by atoms with Crippen LogP contribution in [0.15, 0.2) is 23.0 Å². The summed E-state index contributed by atoms with van der Waals surface area (Å²) in [4.78, 5) is 38.9. The number of hydrogen-bond acceptors (Lipinski definition) is 7. The molecule has 7 N–H and O–H groups in total. The molecular formula is C17H19N3O7. The number of carboxylic acids is 2. The number of aromatic carboxylic acids is 2. The van der Waals surface area contributed by atoms with Crippen LogP contribution in [0, 0.1) is 0 Å². The highest BCUT2D eigenvalue weighted by molar-refractivity contribution is 6.08. The lowest BCUT2D eigenvalue weighted by molar-refractivity contribution is 0.0695. The predicted octanol–water partition coefficient (Wildman–Crippen LogP) is 0.545. The Hall–Kier alpha value is -3.53. The summed E-state index contributed by atoms with van der Waals surface area (Å²) < 4.78 is 0. The number of nitrogens with zero attached hydrogens (tertiary/aromatic N) is 1. The van der Waals surface area contributed by atoms with Crippen molar-refractivity contribution in [2.45, 2.75) is 6.92 Å². The van der Waals surface area contributed by atoms with Gasteiger partial charge < -0.3 is 36.0 Å². The number of nitrogens with one attached hydrogen (secondary N) is 1. The third-order valence-electron chi connectivity index (χ3n) is 4.04. The van der Waals surface area contributed by atoms with Crippen molar-refractivity contribution in [3.63, 3.8) is 0 Å². The number of hydrogen-bond donors (Lipinski definition) is 6. The number of anilines is 2. The van der Waals surface area contributed by atoms with Gasteiger partial charge in [0.25, 0.3) is 5.56 Å². The first-order chi connectivity index (χ1) is 12.7. The highest BCUT2D eigenvalue weighted by atomic mass is 16.4. The molecule has 10 nitrogen and oxygen atoms in total. The van der Waals surface area contributed by atoms with Gasteiger partial charge in [-0.2, -0.15) is 0 Å². The number of nitrogens with two attached hydrogens (primary N) is 1. The normalized spacial score (nSPS) is 10.6. The van der Waals surface area contributed by atoms with Crippen molar-refractivity contribution in [2.24, 2.45) is 0 Å². The van der Waals surface area contributed by atoms with Gasteiger partial charge in [-0.05, 0) is 19.1 Å². The fourth-order valence-electron chi connectivity index (χ4n) is 2.83. The molecule has 2 aromatic rings. The topological polar surface area (TPSA) is 177 Å². The number of pyridine rings is 1. The number of phenolic OH excluding ortho intramolecular Hbond substituents is 1. The summed E-state index contributed by atoms with van der Waals surface area (Å²) in [7, 11) is 0. The van der Waals surface area contributed by atoms with Crippen LogP contribution in [0.1, 0.15) is 27.6 Å². The number of aromatic hydroxyl groups is 1. The highest BCUT2D eigenvalue weighted by Crippen LogP contribution is 2.37. The molecule has 0 saturated heterocycles. The van der Waals surface area contributed by atoms with E-state index in [1.165, 1.54) is 18.2 Å². The molecule has 1 aromatic carbocycles. The number of nitrogen functional groups attached to an aromatic ring is 1. The molecular weight excluding hydrogens is 358 g/mol. The molecule has 0 aliphatic rings. The molecule has 0 spiro atoms. The average molecular weight is 377 g/mol. The minimum atomic E-state index is -1.66. The van der Waals surface area contributed by atoms with Crippen LogP contribution in [-0.2, 0) is 0 Å². The van der Waals surface area contributed by atoms with Gasteiger partial charge in [0.15, 0.2) is 0 Å². The molecule has 0 atom stereocenters. The van der Waals surface area contributed by atoms with Crippen LogP contribution in [-0.4, -0.2) is 57.0 Å². The van der Waals surface area contributed by atoms with E-state index in [9.17, 15) is 29.7 Å². The molecule has 2 rings (SSSR count). The van der Waals surface area contributed by atoms with Crippen LogP contribution in [0.5, 0.6) is 5.75 Å². The molecule has 0 aliphatic heterocycles. The molecule has 0 bridgehead atoms. The molecule has 0 radical (unpaired) electrons. The Morgan fingerprint density at radius 2 is 1.81 bits per heavy atom. The lowest BCUT2D eigenvalue weighted by atomic mass is 9.94. The van der Waals surface area contributed by atoms with Gasteiger partial charge in [0.2, 0.25) is 0 Å². The van der Waals surface area contributed by atoms with E-state index in [2.05, 4.69) is 0 Å². The molecule has 0 unspecified atom stereocenters. The third kappa shape index (κ3) is 3.70. The van der Waals surface area contributed by atoms with E-state index in [1.807, 2.05) is 11.9 Å². The Morgan fingerprint density at radius 3 is 2.30 bits per heavy atom. The van der Waals surface area contributed by atoms with E-state index < -0.39 is 45.8 Å². The number of aromatic nitrogens is 1. The van der Waals surface area contributed by atoms with Gasteiger partial charge in [0.05, 0.1) is 6.61 Å². The standard InChI is InChI=1S/C17H19N3O7/c1-2-20(5-6-21)8-3-4-9(10(22)7-8)11-12(16(24)25)14(18)19-15(23)13(11)17(26)27/h3-4,7,21-22H,2,5-6H2,1H3,(H,24,25)(H,26,27)(H3,18,19,23). The second-order valence-electron chi connectivity index (χ2n) is 5.61. The fraction of sp³-hybridized carbons (Fsp3) is 0.235. The SMILES string of the molecule is CCN(CCO)c1ccc(-c2c(C(=O)O)c(N)[nH]c(=O)c2C(=O)O)c(O)c1. The van der Waals surface area contributed by atoms with E-state index in [1.54, 1.807) is 4.90 Å². The zero-order valence-electron chi connectivity index (χ0n) is 14.4. The Morgan fingerprint density at radius 1 is 1.19 bits per heavy atom. The van der Waals surface area contributed by atoms with Crippen molar-refractivity contribution in [3.8, 4) is 16.9 Å². The van der Waals surface area contributed by atoms with E-state index in [0.717, 1.165) is 0 Å². The van der Waals surface area contributed by atoms with Crippen LogP contribution < -0.4 is 16.2 Å². The number of carbonyl (C=O) groups is 2. The van der Waals surface area contributed by atoms with E-state index >= 15 is 0 Å². The zero-order valence-corrected chi connectivity index (χ0v) is 14.4. The maximum Gasteiger partial charge on any atom is 0.342 e. The van der Waals surface area contributed by atoms with E-state index in [4.69, 9.17) is 10.8 Å². The van der Waals surface area contributed by atoms with Crippen LogP contribution in [0.2, 0.25) is 0 Å². The van der Waals surface area contributed by atoms with Gasteiger partial charge in [-0.1, -0.05) is 0 Å². The first-order valence-corrected chi connectivity index (χ1v) is 7.94. The Bertz CT molecular complexity index is 952. The van der Waals surface area contributed by atoms with Crippen LogP contribution in [0.4, 0.5) is 11.5 Å². The fourth-order valence-corrected chi connectivity index (χ4v) is 2.83. The van der Waals surface area contributed by atoms with E-state index in [0.29, 0.717) is 18.8 Å². The summed E-state index contributed by atoms with van der Waals surface area (Å²) >= 11 is 0. The zero-order chi connectivity index (χ0) is 20.3. The third-order valence-corrected chi connectivity index (χ3v) is 4.04. The summed E-state index contributed by atoms with van der Waals surface area (Å²) in [5.74, 6) is -4.17. The van der Waals surface area contributed by atoms with Crippen molar-refractivity contribution in [2.75, 3.05) is 30.3 Å². The number of aliphatic hydroxyl groups excluding tert-OH is 1. The molecule has 10 heteroatoms. The Kier molecular flexibility index (Phi) is 5.71. The van der Waals surface area contributed by atoms with Gasteiger partial charge in [-0.15, -0.1) is 0 Å². The van der Waals surface area contributed by atoms with Gasteiger partial charge >= 0.3 is 11.9 Å². The smallest absolute Gasteiger partial charge is 0.342 e. The molecule has 144 valence electrons. The summed E-state index contributed by atoms with van der Waals surface area (Å²) in [6, 6.07) is 4.11. The van der Waals surface area contributed by atoms with Crippen molar-refractivity contribution >= 4 is 23.4 Å². The molecule has 0 fully saturated rings. The molecule has 27 heavy (non-hydrogen) atoms. The lowest BCUT2D eigenvalue weighted by Crippen LogP contribution is -2.26. The number of likely N-dealkylation sites (N-methyl/N-ethyl adjacent to an activating group) is 1. The number of phenols is 1. The van der Waals surface area contributed by atoms with Crippen LogP contribution in [0.25, 0.3) is 11.1 Å². The maximum absolute atomic E-state index is 12.0. The quantitative estimate of drug-likeness (QED) is 0.402. The Labute approximate surface area is 153 Å². The first kappa shape index (κ1) is 19.8. The molecule has 0 aliphatic carbocycles. The monoisotopic (exact) mass is 377 g/mol. The average Bonchev–Trinajstić information content (AvgIpc) is 2.58. The highest BCUT2D eigenvalue weighted by Gasteiger charge is 2.28. The van der Waals surface area contributed by atoms with Crippen molar-refractivity contribution in [1.29, 1.82) is 0 Å². The number of aromatic amines is 1. The van der Waals surface area contributed by atoms with E-state index in [-0.39, 0.29) is 12.2 Å². The van der Waals surface area contributed by atoms with Crippen molar-refractivity contribution in [3.05, 3.63) is 39.7 Å². The number of benzene rings is 1. The number of aliphatic hydroxyl groups is 1. The number of carboxylic acid groups (broad SMARTS) is 2. The molecule has 0 saturated carbocycles. The largest absolute Gasteiger partial charge is 0.507 e. The number of H-pyrrole nitrogens is 1. The Balaban J connectivity index is 2.80. The molecule has 1 aromatic heterocycles. The molecule has 0 amide bonds. The minimum Gasteiger partial charge on any atom is -0.507 e. The van der Waals surface area contributed by atoms with Crippen LogP contribution >= 0.6 is 0 Å². The van der Waals surface area contributed by atoms with Crippen molar-refractivity contribution < 1.29 is 30.0 Å². The first-order valence-electron chi connectivity index (χ1n) is 7.94.